The molecule has 0 aliphatic rings. The summed E-state index contributed by atoms with van der Waals surface area (Å²) in [5.41, 5.74) is 1.75. The lowest BCUT2D eigenvalue weighted by molar-refractivity contribution is -0.119. The van der Waals surface area contributed by atoms with E-state index in [1.54, 1.807) is 18.3 Å². The minimum absolute atomic E-state index is 0.276. The molecular weight excluding hydrogens is 430 g/mol. The Labute approximate surface area is 168 Å². The summed E-state index contributed by atoms with van der Waals surface area (Å²) in [4.78, 5) is 28.2. The van der Waals surface area contributed by atoms with Gasteiger partial charge >= 0.3 is 5.97 Å². The number of esters is 1. The van der Waals surface area contributed by atoms with E-state index >= 15 is 0 Å². The number of para-hydroxylation sites is 1. The van der Waals surface area contributed by atoms with Crippen LogP contribution in [-0.2, 0) is 9.53 Å². The van der Waals surface area contributed by atoms with E-state index in [9.17, 15) is 9.59 Å². The van der Waals surface area contributed by atoms with Crippen molar-refractivity contribution < 1.29 is 14.3 Å². The fourth-order valence-electron chi connectivity index (χ4n) is 2.46. The number of ether oxygens (including phenoxy) is 1. The number of thioether (sulfide) groups is 1. The van der Waals surface area contributed by atoms with Crippen LogP contribution in [0.4, 0.5) is 5.69 Å². The van der Waals surface area contributed by atoms with Gasteiger partial charge in [0.1, 0.15) is 0 Å². The predicted octanol–water partition coefficient (Wildman–Crippen LogP) is 4.34. The summed E-state index contributed by atoms with van der Waals surface area (Å²) in [5.74, 6) is -0.756. The maximum atomic E-state index is 12.3. The van der Waals surface area contributed by atoms with Crippen LogP contribution in [0.25, 0.3) is 10.9 Å². The number of halogens is 1. The Morgan fingerprint density at radius 1 is 1.26 bits per heavy atom. The van der Waals surface area contributed by atoms with Gasteiger partial charge in [0.25, 0.3) is 5.91 Å². The summed E-state index contributed by atoms with van der Waals surface area (Å²) in [6.45, 7) is -0.406. The van der Waals surface area contributed by atoms with Gasteiger partial charge in [-0.25, -0.2) is 4.79 Å². The van der Waals surface area contributed by atoms with Gasteiger partial charge in [-0.05, 0) is 30.3 Å². The monoisotopic (exact) mass is 443 g/mol. The maximum Gasteiger partial charge on any atom is 0.340 e. The zero-order chi connectivity index (χ0) is 19.2. The number of nitrogens with one attached hydrogen (secondary N) is 2. The van der Waals surface area contributed by atoms with Crippen molar-refractivity contribution in [3.05, 3.63) is 58.7 Å². The first kappa shape index (κ1) is 19.0. The summed E-state index contributed by atoms with van der Waals surface area (Å²) in [5, 5.41) is 12.1. The third-order valence-electron chi connectivity index (χ3n) is 3.65. The van der Waals surface area contributed by atoms with E-state index < -0.39 is 18.5 Å². The Morgan fingerprint density at radius 3 is 2.89 bits per heavy atom. The largest absolute Gasteiger partial charge is 0.452 e. The minimum Gasteiger partial charge on any atom is -0.452 e. The molecule has 1 aromatic heterocycles. The Kier molecular flexibility index (Phi) is 6.16. The van der Waals surface area contributed by atoms with Crippen molar-refractivity contribution in [3.63, 3.8) is 0 Å². The number of carbonyl (C=O) groups is 2. The average molecular weight is 444 g/mol. The number of anilines is 1. The molecule has 0 unspecified atom stereocenters. The molecule has 0 aliphatic carbocycles. The van der Waals surface area contributed by atoms with E-state index in [2.05, 4.69) is 26.2 Å². The molecule has 1 amide bonds. The molecule has 0 saturated carbocycles. The fourth-order valence-corrected chi connectivity index (χ4v) is 3.49. The number of nitriles is 1. The van der Waals surface area contributed by atoms with E-state index in [-0.39, 0.29) is 5.75 Å². The molecule has 2 N–H and O–H groups in total. The van der Waals surface area contributed by atoms with Gasteiger partial charge in [0, 0.05) is 26.5 Å². The van der Waals surface area contributed by atoms with Crippen molar-refractivity contribution in [2.24, 2.45) is 0 Å². The van der Waals surface area contributed by atoms with Crippen LogP contribution in [0.15, 0.2) is 58.0 Å². The molecule has 3 aromatic rings. The molecule has 0 radical (unpaired) electrons. The second kappa shape index (κ2) is 8.75. The molecule has 0 bridgehead atoms. The van der Waals surface area contributed by atoms with Crippen molar-refractivity contribution in [1.29, 1.82) is 5.26 Å². The first-order valence-corrected chi connectivity index (χ1v) is 9.68. The molecule has 136 valence electrons. The number of carbonyl (C=O) groups excluding carboxylic acids is 2. The van der Waals surface area contributed by atoms with Gasteiger partial charge < -0.3 is 15.0 Å². The number of benzene rings is 2. The van der Waals surface area contributed by atoms with Crippen molar-refractivity contribution in [3.8, 4) is 6.07 Å². The molecule has 8 heteroatoms. The summed E-state index contributed by atoms with van der Waals surface area (Å²) in [7, 11) is 0. The van der Waals surface area contributed by atoms with E-state index in [1.807, 2.05) is 36.4 Å². The summed E-state index contributed by atoms with van der Waals surface area (Å²) in [6, 6.07) is 14.7. The summed E-state index contributed by atoms with van der Waals surface area (Å²) in [6.07, 6.45) is 1.56. The van der Waals surface area contributed by atoms with Crippen LogP contribution in [0.2, 0.25) is 0 Å². The summed E-state index contributed by atoms with van der Waals surface area (Å²) < 4.78 is 5.98. The smallest absolute Gasteiger partial charge is 0.340 e. The number of aromatic amines is 1. The highest BCUT2D eigenvalue weighted by Gasteiger charge is 2.16. The molecule has 0 fully saturated rings. The number of hydrogen-bond donors (Lipinski definition) is 2. The van der Waals surface area contributed by atoms with Crippen molar-refractivity contribution in [2.75, 3.05) is 17.7 Å². The number of aromatic nitrogens is 1. The number of H-pyrrole nitrogens is 1. The average Bonchev–Trinajstić information content (AvgIpc) is 3.08. The van der Waals surface area contributed by atoms with Crippen molar-refractivity contribution in [2.45, 2.75) is 4.90 Å². The minimum atomic E-state index is -0.582. The first-order chi connectivity index (χ1) is 13.1. The quantitative estimate of drug-likeness (QED) is 0.436. The van der Waals surface area contributed by atoms with Crippen LogP contribution in [0, 0.1) is 11.3 Å². The summed E-state index contributed by atoms with van der Waals surface area (Å²) >= 11 is 4.69. The highest BCUT2D eigenvalue weighted by Crippen LogP contribution is 2.26. The molecule has 0 aliphatic heterocycles. The van der Waals surface area contributed by atoms with E-state index in [0.717, 1.165) is 14.9 Å². The molecule has 6 nitrogen and oxygen atoms in total. The number of rotatable bonds is 6. The lowest BCUT2D eigenvalue weighted by Gasteiger charge is -2.10. The van der Waals surface area contributed by atoms with Crippen LogP contribution >= 0.6 is 27.7 Å². The predicted molar refractivity (Wildman–Crippen MR) is 108 cm³/mol. The molecule has 1 heterocycles. The van der Waals surface area contributed by atoms with Crippen LogP contribution in [0.5, 0.6) is 0 Å². The zero-order valence-electron chi connectivity index (χ0n) is 14.0. The van der Waals surface area contributed by atoms with E-state index in [1.165, 1.54) is 11.8 Å². The SMILES string of the molecule is N#CCSc1ccccc1NC(=O)COC(=O)c1c[nH]c2ccc(Br)cc12. The molecule has 0 saturated heterocycles. The van der Waals surface area contributed by atoms with Crippen LogP contribution in [-0.4, -0.2) is 29.2 Å². The van der Waals surface area contributed by atoms with Crippen molar-refractivity contribution in [1.82, 2.24) is 4.98 Å². The third kappa shape index (κ3) is 4.70. The van der Waals surface area contributed by atoms with E-state index in [0.29, 0.717) is 16.6 Å². The van der Waals surface area contributed by atoms with Gasteiger partial charge in [-0.3, -0.25) is 4.79 Å². The van der Waals surface area contributed by atoms with Crippen molar-refractivity contribution >= 4 is 56.2 Å². The molecular formula is C19H14BrN3O3S. The molecule has 2 aromatic carbocycles. The van der Waals surface area contributed by atoms with Crippen LogP contribution in [0.1, 0.15) is 10.4 Å². The normalized spacial score (nSPS) is 10.4. The lowest BCUT2D eigenvalue weighted by atomic mass is 10.2. The number of hydrogen-bond acceptors (Lipinski definition) is 5. The van der Waals surface area contributed by atoms with E-state index in [4.69, 9.17) is 10.00 Å². The topological polar surface area (TPSA) is 95.0 Å². The first-order valence-electron chi connectivity index (χ1n) is 7.91. The Bertz CT molecular complexity index is 1040. The van der Waals surface area contributed by atoms with Gasteiger partial charge in [-0.1, -0.05) is 28.1 Å². The third-order valence-corrected chi connectivity index (χ3v) is 5.09. The molecule has 27 heavy (non-hydrogen) atoms. The highest BCUT2D eigenvalue weighted by atomic mass is 79.9. The zero-order valence-corrected chi connectivity index (χ0v) is 16.4. The van der Waals surface area contributed by atoms with Gasteiger partial charge in [0.2, 0.25) is 0 Å². The van der Waals surface area contributed by atoms with Gasteiger partial charge in [-0.2, -0.15) is 5.26 Å². The van der Waals surface area contributed by atoms with Gasteiger partial charge in [0.15, 0.2) is 6.61 Å². The Morgan fingerprint density at radius 2 is 2.07 bits per heavy atom. The van der Waals surface area contributed by atoms with Gasteiger partial charge in [0.05, 0.1) is 23.1 Å². The highest BCUT2D eigenvalue weighted by molar-refractivity contribution is 9.10. The van der Waals surface area contributed by atoms with Crippen LogP contribution in [0.3, 0.4) is 0 Å². The number of nitrogens with zero attached hydrogens (tertiary/aromatic N) is 1. The molecule has 3 rings (SSSR count). The van der Waals surface area contributed by atoms with Gasteiger partial charge in [-0.15, -0.1) is 11.8 Å². The lowest BCUT2D eigenvalue weighted by Crippen LogP contribution is -2.21. The number of fused-ring (bicyclic) bond motifs is 1. The fraction of sp³-hybridized carbons (Fsp3) is 0.105. The standard InChI is InChI=1S/C19H14BrN3O3S/c20-12-5-6-15-13(9-12)14(10-22-15)19(25)26-11-18(24)23-16-3-1-2-4-17(16)27-8-7-21/h1-6,9-10,22H,8,11H2,(H,23,24). The second-order valence-corrected chi connectivity index (χ2v) is 7.39. The molecule has 0 spiro atoms. The Balaban J connectivity index is 1.63. The molecule has 0 atom stereocenters. The Hall–Kier alpha value is -2.76. The maximum absolute atomic E-state index is 12.3. The second-order valence-electron chi connectivity index (χ2n) is 5.46. The number of amides is 1. The van der Waals surface area contributed by atoms with Crippen LogP contribution < -0.4 is 5.32 Å².